The Bertz CT molecular complexity index is 1490. The molecule has 0 bridgehead atoms. The summed E-state index contributed by atoms with van der Waals surface area (Å²) in [5.41, 5.74) is 1.13. The molecule has 5 heteroatoms. The van der Waals surface area contributed by atoms with Crippen molar-refractivity contribution >= 4 is 22.1 Å². The molecule has 0 amide bonds. The Morgan fingerprint density at radius 2 is 1.76 bits per heavy atom. The molecular weight excluding hydrogens is 424 g/mol. The third-order valence-electron chi connectivity index (χ3n) is 6.54. The Labute approximate surface area is 197 Å². The lowest BCUT2D eigenvalue weighted by atomic mass is 9.83. The third-order valence-corrected chi connectivity index (χ3v) is 6.54. The van der Waals surface area contributed by atoms with E-state index in [1.807, 2.05) is 24.3 Å². The van der Waals surface area contributed by atoms with Gasteiger partial charge < -0.3 is 15.7 Å². The van der Waals surface area contributed by atoms with Crippen LogP contribution >= 0.6 is 0 Å². The van der Waals surface area contributed by atoms with Gasteiger partial charge in [-0.2, -0.15) is 0 Å². The number of anilines is 2. The lowest BCUT2D eigenvalue weighted by Crippen LogP contribution is -2.47. The quantitative estimate of drug-likeness (QED) is 0.344. The molecule has 5 rings (SSSR count). The molecule has 0 saturated heterocycles. The lowest BCUT2D eigenvalue weighted by Gasteiger charge is -2.36. The smallest absolute Gasteiger partial charge is 0.271 e. The van der Waals surface area contributed by atoms with E-state index in [9.17, 15) is 14.7 Å². The monoisotopic (exact) mass is 450 g/mol. The fourth-order valence-electron chi connectivity index (χ4n) is 4.85. The second-order valence-corrected chi connectivity index (χ2v) is 8.97. The van der Waals surface area contributed by atoms with E-state index < -0.39 is 16.6 Å². The molecule has 2 unspecified atom stereocenters. The molecule has 0 spiro atoms. The molecular formula is C29H26N2O3. The van der Waals surface area contributed by atoms with Crippen LogP contribution in [0.15, 0.2) is 101 Å². The van der Waals surface area contributed by atoms with Crippen molar-refractivity contribution in [3.63, 3.8) is 0 Å². The highest BCUT2D eigenvalue weighted by molar-refractivity contribution is 5.86. The van der Waals surface area contributed by atoms with E-state index in [1.165, 1.54) is 16.3 Å². The number of allylic oxidation sites excluding steroid dienone is 2. The summed E-state index contributed by atoms with van der Waals surface area (Å²) in [5.74, 6) is -0.502. The van der Waals surface area contributed by atoms with Gasteiger partial charge in [-0.05, 0) is 53.8 Å². The summed E-state index contributed by atoms with van der Waals surface area (Å²) in [6, 6.07) is 22.7. The Balaban J connectivity index is 1.41. The normalized spacial score (nSPS) is 18.4. The molecule has 34 heavy (non-hydrogen) atoms. The van der Waals surface area contributed by atoms with Gasteiger partial charge in [0.2, 0.25) is 0 Å². The van der Waals surface area contributed by atoms with Crippen molar-refractivity contribution in [2.45, 2.75) is 31.3 Å². The first kappa shape index (κ1) is 21.9. The maximum Gasteiger partial charge on any atom is 0.271 e. The van der Waals surface area contributed by atoms with Crippen LogP contribution in [0.4, 0.5) is 11.4 Å². The standard InChI is InChI=1S/C29H26N2O3/c1-19(23-14-8-11-21-10-3-4-13-24(21)23)31-29(15-5-2-6-16-29)18-20-9-7-12-22(17-20)30-25-26(32)28(34)27(25)33/h2-15,17,19,30-32H,16,18H2,1H3. The van der Waals surface area contributed by atoms with Crippen LogP contribution in [0.5, 0.6) is 5.75 Å². The first-order chi connectivity index (χ1) is 16.5. The average Bonchev–Trinajstić information content (AvgIpc) is 2.87. The van der Waals surface area contributed by atoms with Crippen molar-refractivity contribution in [2.75, 3.05) is 5.32 Å². The fraction of sp³-hybridized carbons (Fsp3) is 0.172. The maximum atomic E-state index is 11.7. The van der Waals surface area contributed by atoms with E-state index >= 15 is 0 Å². The fourth-order valence-corrected chi connectivity index (χ4v) is 4.85. The first-order valence-corrected chi connectivity index (χ1v) is 11.4. The number of hydrogen-bond acceptors (Lipinski definition) is 5. The van der Waals surface area contributed by atoms with Crippen molar-refractivity contribution in [2.24, 2.45) is 0 Å². The largest absolute Gasteiger partial charge is 0.502 e. The van der Waals surface area contributed by atoms with E-state index in [1.54, 1.807) is 0 Å². The van der Waals surface area contributed by atoms with Gasteiger partial charge in [0.15, 0.2) is 5.75 Å². The summed E-state index contributed by atoms with van der Waals surface area (Å²) in [4.78, 5) is 23.0. The van der Waals surface area contributed by atoms with E-state index in [2.05, 4.69) is 84.3 Å². The van der Waals surface area contributed by atoms with Crippen LogP contribution in [-0.2, 0) is 6.42 Å². The lowest BCUT2D eigenvalue weighted by molar-refractivity contribution is 0.358. The molecule has 4 aromatic carbocycles. The second-order valence-electron chi connectivity index (χ2n) is 8.97. The molecule has 1 aliphatic carbocycles. The van der Waals surface area contributed by atoms with Crippen molar-refractivity contribution < 1.29 is 5.11 Å². The van der Waals surface area contributed by atoms with Crippen LogP contribution in [-0.4, -0.2) is 10.6 Å². The summed E-state index contributed by atoms with van der Waals surface area (Å²) in [6.45, 7) is 2.20. The average molecular weight is 451 g/mol. The summed E-state index contributed by atoms with van der Waals surface area (Å²) < 4.78 is 0. The van der Waals surface area contributed by atoms with Gasteiger partial charge in [0.25, 0.3) is 10.9 Å². The predicted molar refractivity (Wildman–Crippen MR) is 138 cm³/mol. The Kier molecular flexibility index (Phi) is 5.64. The molecule has 0 aliphatic heterocycles. The van der Waals surface area contributed by atoms with Gasteiger partial charge >= 0.3 is 0 Å². The molecule has 0 radical (unpaired) electrons. The van der Waals surface area contributed by atoms with E-state index in [0.29, 0.717) is 5.69 Å². The van der Waals surface area contributed by atoms with Crippen molar-refractivity contribution in [1.29, 1.82) is 0 Å². The molecule has 0 heterocycles. The zero-order chi connectivity index (χ0) is 23.7. The zero-order valence-corrected chi connectivity index (χ0v) is 18.9. The minimum Gasteiger partial charge on any atom is -0.502 e. The highest BCUT2D eigenvalue weighted by atomic mass is 16.3. The van der Waals surface area contributed by atoms with Crippen LogP contribution in [0.1, 0.15) is 30.5 Å². The number of benzene rings is 3. The second kappa shape index (κ2) is 8.76. The number of fused-ring (bicyclic) bond motifs is 1. The topological polar surface area (TPSA) is 78.4 Å². The maximum absolute atomic E-state index is 11.7. The first-order valence-electron chi connectivity index (χ1n) is 11.4. The Hall–Kier alpha value is -3.96. The third kappa shape index (κ3) is 4.06. The predicted octanol–water partition coefficient (Wildman–Crippen LogP) is 5.03. The summed E-state index contributed by atoms with van der Waals surface area (Å²) in [6.07, 6.45) is 10.1. The Morgan fingerprint density at radius 1 is 0.971 bits per heavy atom. The number of rotatable bonds is 7. The van der Waals surface area contributed by atoms with Crippen molar-refractivity contribution in [1.82, 2.24) is 5.32 Å². The van der Waals surface area contributed by atoms with Gasteiger partial charge in [-0.25, -0.2) is 0 Å². The molecule has 0 fully saturated rings. The highest BCUT2D eigenvalue weighted by Gasteiger charge is 2.30. The molecule has 170 valence electrons. The van der Waals surface area contributed by atoms with Crippen molar-refractivity contribution in [3.8, 4) is 5.75 Å². The van der Waals surface area contributed by atoms with Crippen LogP contribution < -0.4 is 21.5 Å². The van der Waals surface area contributed by atoms with Crippen LogP contribution in [0.3, 0.4) is 0 Å². The Morgan fingerprint density at radius 3 is 2.56 bits per heavy atom. The van der Waals surface area contributed by atoms with Crippen molar-refractivity contribution in [3.05, 3.63) is 123 Å². The van der Waals surface area contributed by atoms with Gasteiger partial charge in [-0.3, -0.25) is 9.59 Å². The zero-order valence-electron chi connectivity index (χ0n) is 18.9. The number of hydrogen-bond donors (Lipinski definition) is 3. The van der Waals surface area contributed by atoms with E-state index in [-0.39, 0.29) is 17.3 Å². The van der Waals surface area contributed by atoms with Gasteiger partial charge in [0, 0.05) is 17.3 Å². The molecule has 2 atom stereocenters. The molecule has 5 nitrogen and oxygen atoms in total. The minimum atomic E-state index is -0.844. The minimum absolute atomic E-state index is 0.0416. The van der Waals surface area contributed by atoms with Crippen LogP contribution in [0.25, 0.3) is 10.8 Å². The number of nitrogens with one attached hydrogen (secondary N) is 2. The van der Waals surface area contributed by atoms with Crippen LogP contribution in [0, 0.1) is 0 Å². The summed E-state index contributed by atoms with van der Waals surface area (Å²) in [7, 11) is 0. The van der Waals surface area contributed by atoms with Gasteiger partial charge in [-0.15, -0.1) is 0 Å². The molecule has 0 saturated carbocycles. The van der Waals surface area contributed by atoms with Crippen LogP contribution in [0.2, 0.25) is 0 Å². The molecule has 0 aromatic heterocycles. The molecule has 3 N–H and O–H groups in total. The van der Waals surface area contributed by atoms with Gasteiger partial charge in [0.1, 0.15) is 5.69 Å². The highest BCUT2D eigenvalue weighted by Crippen LogP contribution is 2.31. The summed E-state index contributed by atoms with van der Waals surface area (Å²) >= 11 is 0. The van der Waals surface area contributed by atoms with Gasteiger partial charge in [-0.1, -0.05) is 78.9 Å². The van der Waals surface area contributed by atoms with E-state index in [4.69, 9.17) is 0 Å². The van der Waals surface area contributed by atoms with E-state index in [0.717, 1.165) is 18.4 Å². The summed E-state index contributed by atoms with van der Waals surface area (Å²) in [5, 5.41) is 18.9. The molecule has 1 aliphatic rings. The van der Waals surface area contributed by atoms with Gasteiger partial charge in [0.05, 0.1) is 0 Å². The SMILES string of the molecule is CC(NC1(Cc2cccc(Nc3c(O)c(=O)c3=O)c2)C=CC=CC1)c1cccc2ccccc12. The molecule has 4 aromatic rings. The number of aromatic hydroxyl groups is 1.